The van der Waals surface area contributed by atoms with Crippen molar-refractivity contribution < 1.29 is 4.39 Å². The Morgan fingerprint density at radius 2 is 2.15 bits per heavy atom. The topological polar surface area (TPSA) is 56.7 Å². The Morgan fingerprint density at radius 1 is 1.35 bits per heavy atom. The van der Waals surface area contributed by atoms with Gasteiger partial charge in [-0.25, -0.2) is 9.37 Å². The number of anilines is 1. The Kier molecular flexibility index (Phi) is 3.17. The number of halogens is 2. The van der Waals surface area contributed by atoms with Gasteiger partial charge in [0.1, 0.15) is 5.82 Å². The van der Waals surface area contributed by atoms with Crippen molar-refractivity contribution in [3.8, 4) is 0 Å². The molecule has 0 atom stereocenters. The zero-order valence-electron chi connectivity index (χ0n) is 10.8. The molecule has 0 aliphatic heterocycles. The highest BCUT2D eigenvalue weighted by Crippen LogP contribution is 2.25. The maximum absolute atomic E-state index is 13.5. The van der Waals surface area contributed by atoms with Crippen LogP contribution in [0.2, 0.25) is 0 Å². The van der Waals surface area contributed by atoms with Crippen LogP contribution in [-0.4, -0.2) is 14.5 Å². The summed E-state index contributed by atoms with van der Waals surface area (Å²) in [5.41, 5.74) is 9.23. The van der Waals surface area contributed by atoms with Gasteiger partial charge in [0.25, 0.3) is 0 Å². The molecule has 0 aliphatic carbocycles. The quantitative estimate of drug-likeness (QED) is 0.782. The van der Waals surface area contributed by atoms with Crippen LogP contribution in [0.4, 0.5) is 10.3 Å². The molecule has 1 aromatic carbocycles. The average molecular weight is 335 g/mol. The monoisotopic (exact) mass is 334 g/mol. The smallest absolute Gasteiger partial charge is 0.201 e. The van der Waals surface area contributed by atoms with Crippen LogP contribution in [0.15, 0.2) is 34.9 Å². The van der Waals surface area contributed by atoms with Gasteiger partial charge in [0.2, 0.25) is 5.95 Å². The number of nitrogen functional groups attached to an aromatic ring is 1. The van der Waals surface area contributed by atoms with Gasteiger partial charge in [0.05, 0.1) is 22.1 Å². The second kappa shape index (κ2) is 4.86. The fourth-order valence-electron chi connectivity index (χ4n) is 2.08. The molecule has 0 bridgehead atoms. The van der Waals surface area contributed by atoms with Gasteiger partial charge >= 0.3 is 0 Å². The van der Waals surface area contributed by atoms with Gasteiger partial charge in [0.15, 0.2) is 0 Å². The minimum absolute atomic E-state index is 0.348. The lowest BCUT2D eigenvalue weighted by Gasteiger charge is -2.07. The maximum Gasteiger partial charge on any atom is 0.201 e. The highest BCUT2D eigenvalue weighted by molar-refractivity contribution is 9.10. The van der Waals surface area contributed by atoms with Gasteiger partial charge in [0, 0.05) is 18.0 Å². The molecule has 3 aromatic rings. The van der Waals surface area contributed by atoms with Gasteiger partial charge < -0.3 is 10.3 Å². The molecule has 2 N–H and O–H groups in total. The third kappa shape index (κ3) is 2.27. The van der Waals surface area contributed by atoms with Crippen molar-refractivity contribution in [3.05, 3.63) is 52.0 Å². The third-order valence-corrected chi connectivity index (χ3v) is 3.74. The van der Waals surface area contributed by atoms with Gasteiger partial charge in [-0.3, -0.25) is 4.98 Å². The summed E-state index contributed by atoms with van der Waals surface area (Å²) in [6.45, 7) is 2.48. The largest absolute Gasteiger partial charge is 0.369 e. The van der Waals surface area contributed by atoms with Crippen molar-refractivity contribution in [1.82, 2.24) is 14.5 Å². The molecule has 2 heterocycles. The van der Waals surface area contributed by atoms with Crippen molar-refractivity contribution in [2.24, 2.45) is 0 Å². The predicted octanol–water partition coefficient (Wildman–Crippen LogP) is 3.27. The van der Waals surface area contributed by atoms with Gasteiger partial charge in [-0.15, -0.1) is 0 Å². The Hall–Kier alpha value is -1.95. The SMILES string of the molecule is Cc1ccc(Cn2c(N)nc3cc(F)c(Br)cc32)cn1. The fraction of sp³-hybridized carbons (Fsp3) is 0.143. The molecule has 3 rings (SSSR count). The van der Waals surface area contributed by atoms with Crippen LogP contribution in [-0.2, 0) is 6.54 Å². The van der Waals surface area contributed by atoms with E-state index >= 15 is 0 Å². The molecule has 6 heteroatoms. The Morgan fingerprint density at radius 3 is 2.85 bits per heavy atom. The van der Waals surface area contributed by atoms with Crippen LogP contribution in [0.5, 0.6) is 0 Å². The molecule has 20 heavy (non-hydrogen) atoms. The van der Waals surface area contributed by atoms with Crippen molar-refractivity contribution in [2.75, 3.05) is 5.73 Å². The summed E-state index contributed by atoms with van der Waals surface area (Å²) in [6, 6.07) is 7.00. The van der Waals surface area contributed by atoms with Crippen LogP contribution < -0.4 is 5.73 Å². The molecule has 4 nitrogen and oxygen atoms in total. The van der Waals surface area contributed by atoms with Crippen LogP contribution in [0.3, 0.4) is 0 Å². The lowest BCUT2D eigenvalue weighted by molar-refractivity contribution is 0.622. The number of aryl methyl sites for hydroxylation is 1. The minimum Gasteiger partial charge on any atom is -0.369 e. The van der Waals surface area contributed by atoms with Crippen LogP contribution in [0.25, 0.3) is 11.0 Å². The van der Waals surface area contributed by atoms with E-state index in [1.54, 1.807) is 12.3 Å². The zero-order chi connectivity index (χ0) is 14.3. The van der Waals surface area contributed by atoms with E-state index in [0.717, 1.165) is 16.8 Å². The van der Waals surface area contributed by atoms with E-state index in [1.165, 1.54) is 6.07 Å². The minimum atomic E-state index is -0.348. The molecule has 0 saturated carbocycles. The van der Waals surface area contributed by atoms with Gasteiger partial charge in [-0.1, -0.05) is 6.07 Å². The summed E-state index contributed by atoms with van der Waals surface area (Å²) in [6.07, 6.45) is 1.80. The predicted molar refractivity (Wildman–Crippen MR) is 79.9 cm³/mol. The molecule has 0 amide bonds. The van der Waals surface area contributed by atoms with Crippen molar-refractivity contribution in [3.63, 3.8) is 0 Å². The van der Waals surface area contributed by atoms with Crippen LogP contribution in [0, 0.1) is 12.7 Å². The Balaban J connectivity index is 2.08. The van der Waals surface area contributed by atoms with Gasteiger partial charge in [-0.2, -0.15) is 0 Å². The molecule has 0 saturated heterocycles. The molecular formula is C14H12BrFN4. The molecule has 2 aromatic heterocycles. The van der Waals surface area contributed by atoms with E-state index in [4.69, 9.17) is 5.73 Å². The second-order valence-electron chi connectivity index (χ2n) is 4.62. The number of rotatable bonds is 2. The van der Waals surface area contributed by atoms with Crippen molar-refractivity contribution in [1.29, 1.82) is 0 Å². The van der Waals surface area contributed by atoms with E-state index < -0.39 is 0 Å². The van der Waals surface area contributed by atoms with Crippen molar-refractivity contribution >= 4 is 32.9 Å². The molecule has 102 valence electrons. The molecule has 0 spiro atoms. The summed E-state index contributed by atoms with van der Waals surface area (Å²) in [7, 11) is 0. The number of hydrogen-bond acceptors (Lipinski definition) is 3. The number of aromatic nitrogens is 3. The highest BCUT2D eigenvalue weighted by atomic mass is 79.9. The summed E-state index contributed by atoms with van der Waals surface area (Å²) >= 11 is 3.19. The molecular weight excluding hydrogens is 323 g/mol. The Bertz CT molecular complexity index is 780. The lowest BCUT2D eigenvalue weighted by atomic mass is 10.2. The standard InChI is InChI=1S/C14H12BrFN4/c1-8-2-3-9(6-18-8)7-20-13-4-10(15)11(16)5-12(13)19-14(20)17/h2-6H,7H2,1H3,(H2,17,19). The Labute approximate surface area is 123 Å². The highest BCUT2D eigenvalue weighted by Gasteiger charge is 2.12. The van der Waals surface area contributed by atoms with E-state index in [1.807, 2.05) is 23.6 Å². The van der Waals surface area contributed by atoms with E-state index in [0.29, 0.717) is 22.5 Å². The number of hydrogen-bond donors (Lipinski definition) is 1. The number of imidazole rings is 1. The number of fused-ring (bicyclic) bond motifs is 1. The van der Waals surface area contributed by atoms with E-state index in [9.17, 15) is 4.39 Å². The first-order valence-corrected chi connectivity index (χ1v) is 6.86. The zero-order valence-corrected chi connectivity index (χ0v) is 12.4. The number of nitrogens with two attached hydrogens (primary N) is 1. The lowest BCUT2D eigenvalue weighted by Crippen LogP contribution is -2.05. The summed E-state index contributed by atoms with van der Waals surface area (Å²) < 4.78 is 15.7. The average Bonchev–Trinajstić information content (AvgIpc) is 2.69. The van der Waals surface area contributed by atoms with E-state index in [2.05, 4.69) is 25.9 Å². The molecule has 0 unspecified atom stereocenters. The van der Waals surface area contributed by atoms with Crippen LogP contribution >= 0.6 is 15.9 Å². The third-order valence-electron chi connectivity index (χ3n) is 3.13. The van der Waals surface area contributed by atoms with Crippen molar-refractivity contribution in [2.45, 2.75) is 13.5 Å². The first-order chi connectivity index (χ1) is 9.54. The summed E-state index contributed by atoms with van der Waals surface area (Å²) in [5.74, 6) is 0.0113. The second-order valence-corrected chi connectivity index (χ2v) is 5.47. The summed E-state index contributed by atoms with van der Waals surface area (Å²) in [5, 5.41) is 0. The summed E-state index contributed by atoms with van der Waals surface area (Å²) in [4.78, 5) is 8.45. The first kappa shape index (κ1) is 13.1. The molecule has 0 fully saturated rings. The first-order valence-electron chi connectivity index (χ1n) is 6.07. The normalized spacial score (nSPS) is 11.2. The molecule has 0 radical (unpaired) electrons. The number of benzene rings is 1. The van der Waals surface area contributed by atoms with Gasteiger partial charge in [-0.05, 0) is 40.5 Å². The fourth-order valence-corrected chi connectivity index (χ4v) is 2.41. The van der Waals surface area contributed by atoms with Crippen LogP contribution in [0.1, 0.15) is 11.3 Å². The molecule has 0 aliphatic rings. The van der Waals surface area contributed by atoms with E-state index in [-0.39, 0.29) is 5.82 Å². The number of pyridine rings is 1. The maximum atomic E-state index is 13.5. The number of nitrogens with zero attached hydrogens (tertiary/aromatic N) is 3.